The maximum absolute atomic E-state index is 13.1. The number of hydrogen-bond acceptors (Lipinski definition) is 3. The Morgan fingerprint density at radius 2 is 1.67 bits per heavy atom. The zero-order chi connectivity index (χ0) is 19.2. The topological polar surface area (TPSA) is 58.2 Å². The number of carbonyl (C=O) groups excluding carboxylic acids is 2. The lowest BCUT2D eigenvalue weighted by atomic mass is 10.2. The van der Waals surface area contributed by atoms with Crippen LogP contribution in [0.1, 0.15) is 15.2 Å². The predicted molar refractivity (Wildman–Crippen MR) is 101 cm³/mol. The zero-order valence-corrected chi connectivity index (χ0v) is 14.7. The van der Waals surface area contributed by atoms with Crippen molar-refractivity contribution in [2.75, 3.05) is 0 Å². The summed E-state index contributed by atoms with van der Waals surface area (Å²) in [5, 5.41) is 0. The van der Waals surface area contributed by atoms with Crippen LogP contribution in [0.2, 0.25) is 0 Å². The smallest absolute Gasteiger partial charge is 0.268 e. The molecular formula is C20H14F2N2O2S. The Kier molecular flexibility index (Phi) is 5.73. The van der Waals surface area contributed by atoms with Gasteiger partial charge >= 0.3 is 0 Å². The molecular weight excluding hydrogens is 370 g/mol. The molecule has 0 saturated heterocycles. The molecule has 0 aliphatic carbocycles. The van der Waals surface area contributed by atoms with Crippen molar-refractivity contribution in [3.63, 3.8) is 0 Å². The average Bonchev–Trinajstić information content (AvgIpc) is 3.15. The number of carbonyl (C=O) groups is 2. The molecule has 3 rings (SSSR count). The van der Waals surface area contributed by atoms with Crippen molar-refractivity contribution in [2.45, 2.75) is 0 Å². The molecule has 2 N–H and O–H groups in total. The van der Waals surface area contributed by atoms with Gasteiger partial charge in [0.2, 0.25) is 0 Å². The minimum Gasteiger partial charge on any atom is -0.268 e. The SMILES string of the molecule is O=C(/C=C/c1cccc(F)c1)NNC(=O)c1ccc(-c2ccc(F)cc2)s1. The van der Waals surface area contributed by atoms with E-state index >= 15 is 0 Å². The highest BCUT2D eigenvalue weighted by Crippen LogP contribution is 2.28. The van der Waals surface area contributed by atoms with Gasteiger partial charge in [-0.05, 0) is 53.6 Å². The van der Waals surface area contributed by atoms with Gasteiger partial charge in [-0.3, -0.25) is 20.4 Å². The number of amides is 2. The van der Waals surface area contributed by atoms with Gasteiger partial charge in [0.25, 0.3) is 11.8 Å². The first kappa shape index (κ1) is 18.5. The minimum absolute atomic E-state index is 0.331. The highest BCUT2D eigenvalue weighted by Gasteiger charge is 2.11. The monoisotopic (exact) mass is 384 g/mol. The normalized spacial score (nSPS) is 10.7. The quantitative estimate of drug-likeness (QED) is 0.524. The van der Waals surface area contributed by atoms with Crippen LogP contribution in [0.25, 0.3) is 16.5 Å². The summed E-state index contributed by atoms with van der Waals surface area (Å²) in [6, 6.07) is 15.1. The molecule has 1 heterocycles. The lowest BCUT2D eigenvalue weighted by Crippen LogP contribution is -2.40. The lowest BCUT2D eigenvalue weighted by Gasteiger charge is -2.03. The van der Waals surface area contributed by atoms with Gasteiger partial charge < -0.3 is 0 Å². The van der Waals surface area contributed by atoms with Gasteiger partial charge in [-0.15, -0.1) is 11.3 Å². The number of benzene rings is 2. The first-order valence-electron chi connectivity index (χ1n) is 7.91. The van der Waals surface area contributed by atoms with Crippen LogP contribution in [-0.4, -0.2) is 11.8 Å². The van der Waals surface area contributed by atoms with Crippen LogP contribution >= 0.6 is 11.3 Å². The van der Waals surface area contributed by atoms with E-state index in [1.54, 1.807) is 30.3 Å². The third-order valence-electron chi connectivity index (χ3n) is 3.53. The molecule has 1 aromatic heterocycles. The molecule has 0 spiro atoms. The van der Waals surface area contributed by atoms with Crippen LogP contribution < -0.4 is 10.9 Å². The van der Waals surface area contributed by atoms with Crippen LogP contribution in [0.15, 0.2) is 66.7 Å². The predicted octanol–water partition coefficient (Wildman–Crippen LogP) is 4.17. The maximum Gasteiger partial charge on any atom is 0.279 e. The van der Waals surface area contributed by atoms with Crippen molar-refractivity contribution in [1.29, 1.82) is 0 Å². The lowest BCUT2D eigenvalue weighted by molar-refractivity contribution is -0.117. The molecule has 0 atom stereocenters. The molecule has 136 valence electrons. The summed E-state index contributed by atoms with van der Waals surface area (Å²) >= 11 is 1.22. The Balaban J connectivity index is 1.56. The molecule has 0 unspecified atom stereocenters. The van der Waals surface area contributed by atoms with Crippen molar-refractivity contribution in [1.82, 2.24) is 10.9 Å². The molecule has 0 radical (unpaired) electrons. The third-order valence-corrected chi connectivity index (χ3v) is 4.67. The van der Waals surface area contributed by atoms with Gasteiger partial charge in [-0.2, -0.15) is 0 Å². The van der Waals surface area contributed by atoms with E-state index in [0.29, 0.717) is 10.4 Å². The summed E-state index contributed by atoms with van der Waals surface area (Å²) < 4.78 is 26.0. The largest absolute Gasteiger partial charge is 0.279 e. The molecule has 2 amide bonds. The molecule has 0 saturated carbocycles. The molecule has 0 fully saturated rings. The second kappa shape index (κ2) is 8.37. The van der Waals surface area contributed by atoms with Crippen molar-refractivity contribution in [3.8, 4) is 10.4 Å². The van der Waals surface area contributed by atoms with E-state index in [9.17, 15) is 18.4 Å². The molecule has 3 aromatic rings. The van der Waals surface area contributed by atoms with E-state index in [2.05, 4.69) is 10.9 Å². The molecule has 27 heavy (non-hydrogen) atoms. The van der Waals surface area contributed by atoms with Crippen molar-refractivity contribution < 1.29 is 18.4 Å². The number of nitrogens with one attached hydrogen (secondary N) is 2. The summed E-state index contributed by atoms with van der Waals surface area (Å²) in [5.41, 5.74) is 5.89. The fourth-order valence-corrected chi connectivity index (χ4v) is 3.14. The van der Waals surface area contributed by atoms with Gasteiger partial charge in [0.15, 0.2) is 0 Å². The van der Waals surface area contributed by atoms with Gasteiger partial charge in [0, 0.05) is 11.0 Å². The zero-order valence-electron chi connectivity index (χ0n) is 13.9. The van der Waals surface area contributed by atoms with Crippen molar-refractivity contribution >= 4 is 29.2 Å². The number of hydrazine groups is 1. The number of hydrogen-bond donors (Lipinski definition) is 2. The Morgan fingerprint density at radius 1 is 0.889 bits per heavy atom. The first-order valence-corrected chi connectivity index (χ1v) is 8.73. The van der Waals surface area contributed by atoms with Crippen LogP contribution in [0.3, 0.4) is 0 Å². The molecule has 4 nitrogen and oxygen atoms in total. The van der Waals surface area contributed by atoms with Gasteiger partial charge in [0.05, 0.1) is 4.88 Å². The second-order valence-electron chi connectivity index (χ2n) is 5.50. The minimum atomic E-state index is -0.553. The van der Waals surface area contributed by atoms with Gasteiger partial charge in [-0.1, -0.05) is 24.3 Å². The number of thiophene rings is 1. The van der Waals surface area contributed by atoms with Crippen LogP contribution in [0.5, 0.6) is 0 Å². The molecule has 0 aliphatic heterocycles. The Morgan fingerprint density at radius 3 is 2.41 bits per heavy atom. The molecule has 0 bridgehead atoms. The fraction of sp³-hybridized carbons (Fsp3) is 0. The van der Waals surface area contributed by atoms with Gasteiger partial charge in [-0.25, -0.2) is 8.78 Å². The van der Waals surface area contributed by atoms with E-state index in [-0.39, 0.29) is 5.82 Å². The summed E-state index contributed by atoms with van der Waals surface area (Å²) in [5.74, 6) is -1.76. The Hall–Kier alpha value is -3.32. The molecule has 7 heteroatoms. The van der Waals surface area contributed by atoms with E-state index in [0.717, 1.165) is 10.4 Å². The molecule has 0 aliphatic rings. The summed E-state index contributed by atoms with van der Waals surface area (Å²) in [7, 11) is 0. The number of halogens is 2. The maximum atomic E-state index is 13.1. The average molecular weight is 384 g/mol. The standard InChI is InChI=1S/C20H14F2N2O2S/c21-15-7-5-14(6-8-15)17-9-10-18(27-17)20(26)24-23-19(25)11-4-13-2-1-3-16(22)12-13/h1-12H,(H,23,25)(H,24,26)/b11-4+. The summed E-state index contributed by atoms with van der Waals surface area (Å²) in [4.78, 5) is 25.1. The molecule has 2 aromatic carbocycles. The first-order chi connectivity index (χ1) is 13.0. The van der Waals surface area contributed by atoms with Crippen molar-refractivity contribution in [3.05, 3.63) is 88.8 Å². The van der Waals surface area contributed by atoms with E-state index in [1.807, 2.05) is 0 Å². The summed E-state index contributed by atoms with van der Waals surface area (Å²) in [6.45, 7) is 0. The van der Waals surface area contributed by atoms with Crippen LogP contribution in [0, 0.1) is 11.6 Å². The highest BCUT2D eigenvalue weighted by molar-refractivity contribution is 7.17. The van der Waals surface area contributed by atoms with Crippen molar-refractivity contribution in [2.24, 2.45) is 0 Å². The second-order valence-corrected chi connectivity index (χ2v) is 6.59. The van der Waals surface area contributed by atoms with Gasteiger partial charge in [0.1, 0.15) is 11.6 Å². The number of rotatable bonds is 4. The Labute approximate surface area is 158 Å². The third kappa shape index (κ3) is 5.08. The van der Waals surface area contributed by atoms with Crippen LogP contribution in [0.4, 0.5) is 8.78 Å². The van der Waals surface area contributed by atoms with E-state index < -0.39 is 17.6 Å². The fourth-order valence-electron chi connectivity index (χ4n) is 2.23. The van der Waals surface area contributed by atoms with Crippen LogP contribution in [-0.2, 0) is 4.79 Å². The van der Waals surface area contributed by atoms with E-state index in [4.69, 9.17) is 0 Å². The van der Waals surface area contributed by atoms with E-state index in [1.165, 1.54) is 53.8 Å². The Bertz CT molecular complexity index is 997. The summed E-state index contributed by atoms with van der Waals surface area (Å²) in [6.07, 6.45) is 2.62. The highest BCUT2D eigenvalue weighted by atomic mass is 32.1.